The minimum absolute atomic E-state index is 0.596. The summed E-state index contributed by atoms with van der Waals surface area (Å²) in [6.07, 6.45) is 18.5. The molecule has 0 aromatic rings. The second-order valence-electron chi connectivity index (χ2n) is 10.5. The zero-order valence-corrected chi connectivity index (χ0v) is 16.0. The van der Waals surface area contributed by atoms with E-state index in [-0.39, 0.29) is 0 Å². The van der Waals surface area contributed by atoms with Crippen LogP contribution >= 0.6 is 0 Å². The number of hydrogen-bond acceptors (Lipinski definition) is 0. The second kappa shape index (κ2) is 6.38. The van der Waals surface area contributed by atoms with E-state index in [0.717, 1.165) is 41.4 Å². The van der Waals surface area contributed by atoms with E-state index >= 15 is 0 Å². The van der Waals surface area contributed by atoms with Gasteiger partial charge in [0.15, 0.2) is 0 Å². The molecule has 0 nitrogen and oxygen atoms in total. The molecule has 0 aromatic heterocycles. The summed E-state index contributed by atoms with van der Waals surface area (Å²) in [5.41, 5.74) is 0.596. The van der Waals surface area contributed by atoms with Crippen LogP contribution in [0.5, 0.6) is 0 Å². The Morgan fingerprint density at radius 2 is 1.35 bits per heavy atom. The number of fused-ring (bicyclic) bond motifs is 3. The van der Waals surface area contributed by atoms with Crippen LogP contribution < -0.4 is 0 Å². The maximum Gasteiger partial charge on any atom is -0.0295 e. The molecule has 6 atom stereocenters. The fraction of sp³-hybridized carbons (Fsp3) is 1.00. The first-order valence-corrected chi connectivity index (χ1v) is 11.1. The van der Waals surface area contributed by atoms with Gasteiger partial charge in [-0.05, 0) is 85.4 Å². The number of hydrogen-bond donors (Lipinski definition) is 0. The molecule has 0 aliphatic heterocycles. The molecule has 132 valence electrons. The number of rotatable bonds is 2. The quantitative estimate of drug-likeness (QED) is 0.510. The van der Waals surface area contributed by atoms with Gasteiger partial charge in [-0.2, -0.15) is 0 Å². The predicted molar refractivity (Wildman–Crippen MR) is 99.3 cm³/mol. The van der Waals surface area contributed by atoms with Gasteiger partial charge in [-0.3, -0.25) is 0 Å². The fourth-order valence-corrected chi connectivity index (χ4v) is 8.10. The molecule has 23 heavy (non-hydrogen) atoms. The third-order valence-electron chi connectivity index (χ3n) is 9.38. The van der Waals surface area contributed by atoms with Crippen LogP contribution in [-0.4, -0.2) is 0 Å². The summed E-state index contributed by atoms with van der Waals surface area (Å²) in [6.45, 7) is 7.99. The van der Waals surface area contributed by atoms with Crippen LogP contribution in [-0.2, 0) is 0 Å². The lowest BCUT2D eigenvalue weighted by atomic mass is 9.54. The van der Waals surface area contributed by atoms with Gasteiger partial charge < -0.3 is 0 Å². The van der Waals surface area contributed by atoms with Gasteiger partial charge >= 0.3 is 0 Å². The Bertz CT molecular complexity index is 402. The molecule has 0 aromatic carbocycles. The van der Waals surface area contributed by atoms with Crippen molar-refractivity contribution >= 4 is 0 Å². The normalized spacial score (nSPS) is 45.5. The second-order valence-corrected chi connectivity index (χ2v) is 10.5. The molecule has 0 heterocycles. The van der Waals surface area contributed by atoms with Gasteiger partial charge in [0.1, 0.15) is 0 Å². The van der Waals surface area contributed by atoms with Crippen molar-refractivity contribution in [2.75, 3.05) is 0 Å². The van der Waals surface area contributed by atoms with Crippen molar-refractivity contribution in [2.24, 2.45) is 46.8 Å². The van der Waals surface area contributed by atoms with Crippen molar-refractivity contribution in [2.45, 2.75) is 97.8 Å². The summed E-state index contributed by atoms with van der Waals surface area (Å²) in [5, 5.41) is 0. The van der Waals surface area contributed by atoms with E-state index in [1.165, 1.54) is 44.9 Å². The topological polar surface area (TPSA) is 0 Å². The molecule has 4 aliphatic carbocycles. The third-order valence-corrected chi connectivity index (χ3v) is 9.38. The van der Waals surface area contributed by atoms with Crippen LogP contribution in [0.15, 0.2) is 0 Å². The Hall–Kier alpha value is 0. The van der Waals surface area contributed by atoms with Crippen LogP contribution in [0.2, 0.25) is 0 Å². The van der Waals surface area contributed by atoms with E-state index in [0.29, 0.717) is 5.41 Å². The minimum Gasteiger partial charge on any atom is -0.0619 e. The zero-order valence-electron chi connectivity index (χ0n) is 16.0. The average Bonchev–Trinajstić information content (AvgIpc) is 2.96. The molecule has 4 saturated carbocycles. The van der Waals surface area contributed by atoms with E-state index < -0.39 is 0 Å². The van der Waals surface area contributed by atoms with E-state index in [1.54, 1.807) is 32.1 Å². The maximum atomic E-state index is 2.67. The van der Waals surface area contributed by atoms with Crippen molar-refractivity contribution < 1.29 is 0 Å². The highest BCUT2D eigenvalue weighted by Gasteiger charge is 2.52. The van der Waals surface area contributed by atoms with Gasteiger partial charge in [-0.1, -0.05) is 59.3 Å². The van der Waals surface area contributed by atoms with Crippen molar-refractivity contribution in [3.05, 3.63) is 0 Å². The van der Waals surface area contributed by atoms with Gasteiger partial charge in [0.2, 0.25) is 0 Å². The lowest BCUT2D eigenvalue weighted by molar-refractivity contribution is -0.0174. The highest BCUT2D eigenvalue weighted by atomic mass is 14.6. The molecule has 4 fully saturated rings. The summed E-state index contributed by atoms with van der Waals surface area (Å²) in [4.78, 5) is 0. The lowest BCUT2D eigenvalue weighted by Gasteiger charge is -2.51. The first-order chi connectivity index (χ1) is 11.1. The van der Waals surface area contributed by atoms with Crippen molar-refractivity contribution in [3.8, 4) is 0 Å². The standard InChI is InChI=1S/C23H40/c1-16-21-15-17-9-7-8-12-19(17)20(21)13-14-22(16)23(2,3)18-10-5-4-6-11-18/h16-22H,4-15H2,1-3H3. The Kier molecular flexibility index (Phi) is 4.57. The van der Waals surface area contributed by atoms with Crippen molar-refractivity contribution in [1.82, 2.24) is 0 Å². The smallest absolute Gasteiger partial charge is 0.0295 e. The van der Waals surface area contributed by atoms with E-state index in [2.05, 4.69) is 20.8 Å². The monoisotopic (exact) mass is 316 g/mol. The van der Waals surface area contributed by atoms with Crippen LogP contribution in [0.25, 0.3) is 0 Å². The Morgan fingerprint density at radius 3 is 2.13 bits per heavy atom. The third kappa shape index (κ3) is 2.81. The summed E-state index contributed by atoms with van der Waals surface area (Å²) < 4.78 is 0. The van der Waals surface area contributed by atoms with Gasteiger partial charge in [0.25, 0.3) is 0 Å². The summed E-state index contributed by atoms with van der Waals surface area (Å²) in [5.74, 6) is 7.48. The van der Waals surface area contributed by atoms with Gasteiger partial charge in [0.05, 0.1) is 0 Å². The summed E-state index contributed by atoms with van der Waals surface area (Å²) in [7, 11) is 0. The molecule has 0 heteroatoms. The largest absolute Gasteiger partial charge is 0.0619 e. The van der Waals surface area contributed by atoms with Crippen LogP contribution in [0.3, 0.4) is 0 Å². The average molecular weight is 317 g/mol. The molecule has 6 unspecified atom stereocenters. The maximum absolute atomic E-state index is 2.67. The first kappa shape index (κ1) is 16.5. The van der Waals surface area contributed by atoms with Crippen LogP contribution in [0.4, 0.5) is 0 Å². The molecule has 0 spiro atoms. The molecule has 4 rings (SSSR count). The Balaban J connectivity index is 1.49. The van der Waals surface area contributed by atoms with E-state index in [9.17, 15) is 0 Å². The van der Waals surface area contributed by atoms with Crippen LogP contribution in [0, 0.1) is 46.8 Å². The van der Waals surface area contributed by atoms with E-state index in [1.807, 2.05) is 0 Å². The van der Waals surface area contributed by atoms with Crippen molar-refractivity contribution in [3.63, 3.8) is 0 Å². The predicted octanol–water partition coefficient (Wildman–Crippen LogP) is 7.08. The molecule has 0 radical (unpaired) electrons. The molecule has 0 N–H and O–H groups in total. The Morgan fingerprint density at radius 1 is 0.652 bits per heavy atom. The molecule has 0 saturated heterocycles. The van der Waals surface area contributed by atoms with Crippen LogP contribution in [0.1, 0.15) is 97.8 Å². The molecular weight excluding hydrogens is 276 g/mol. The van der Waals surface area contributed by atoms with E-state index in [4.69, 9.17) is 0 Å². The highest BCUT2D eigenvalue weighted by molar-refractivity contribution is 5.01. The zero-order chi connectivity index (χ0) is 16.0. The fourth-order valence-electron chi connectivity index (χ4n) is 8.10. The van der Waals surface area contributed by atoms with Crippen molar-refractivity contribution in [1.29, 1.82) is 0 Å². The first-order valence-electron chi connectivity index (χ1n) is 11.1. The minimum atomic E-state index is 0.596. The lowest BCUT2D eigenvalue weighted by Crippen LogP contribution is -2.43. The molecular formula is C23H40. The Labute approximate surface area is 145 Å². The molecule has 0 bridgehead atoms. The summed E-state index contributed by atoms with van der Waals surface area (Å²) in [6, 6.07) is 0. The highest BCUT2D eigenvalue weighted by Crippen LogP contribution is 2.60. The van der Waals surface area contributed by atoms with Gasteiger partial charge in [0, 0.05) is 0 Å². The van der Waals surface area contributed by atoms with Gasteiger partial charge in [-0.25, -0.2) is 0 Å². The molecule has 4 aliphatic rings. The summed E-state index contributed by atoms with van der Waals surface area (Å²) >= 11 is 0. The SMILES string of the molecule is CC1C2CC3CCCCC3C2CCC1C(C)(C)C1CCCCC1. The van der Waals surface area contributed by atoms with Gasteiger partial charge in [-0.15, -0.1) is 0 Å². The molecule has 0 amide bonds.